The monoisotopic (exact) mass is 159 g/mol. The van der Waals surface area contributed by atoms with Crippen LogP contribution in [0.4, 0.5) is 4.39 Å². The van der Waals surface area contributed by atoms with Crippen LogP contribution >= 0.6 is 0 Å². The highest BCUT2D eigenvalue weighted by molar-refractivity contribution is 4.78. The molecule has 0 amide bonds. The second-order valence-electron chi connectivity index (χ2n) is 3.69. The van der Waals surface area contributed by atoms with Crippen molar-refractivity contribution in [1.82, 2.24) is 0 Å². The molecule has 0 aromatic rings. The molecule has 11 heavy (non-hydrogen) atoms. The first-order valence-corrected chi connectivity index (χ1v) is 4.58. The van der Waals surface area contributed by atoms with Gasteiger partial charge in [0.25, 0.3) is 0 Å². The predicted molar refractivity (Wildman–Crippen MR) is 45.1 cm³/mol. The smallest absolute Gasteiger partial charge is 0.100 e. The summed E-state index contributed by atoms with van der Waals surface area (Å²) in [6.45, 7) is 2.44. The van der Waals surface area contributed by atoms with Gasteiger partial charge in [0.1, 0.15) is 6.17 Å². The van der Waals surface area contributed by atoms with Gasteiger partial charge in [-0.05, 0) is 44.6 Å². The van der Waals surface area contributed by atoms with E-state index < -0.39 is 6.17 Å². The van der Waals surface area contributed by atoms with Gasteiger partial charge in [-0.15, -0.1) is 0 Å². The Morgan fingerprint density at radius 2 is 2.27 bits per heavy atom. The molecule has 0 aromatic heterocycles. The quantitative estimate of drug-likeness (QED) is 0.670. The van der Waals surface area contributed by atoms with E-state index in [1.807, 2.05) is 0 Å². The van der Waals surface area contributed by atoms with Gasteiger partial charge in [0.15, 0.2) is 0 Å². The first kappa shape index (κ1) is 8.98. The van der Waals surface area contributed by atoms with Crippen LogP contribution < -0.4 is 5.73 Å². The van der Waals surface area contributed by atoms with Gasteiger partial charge in [-0.3, -0.25) is 0 Å². The van der Waals surface area contributed by atoms with E-state index >= 15 is 0 Å². The highest BCUT2D eigenvalue weighted by atomic mass is 19.1. The van der Waals surface area contributed by atoms with Crippen molar-refractivity contribution in [1.29, 1.82) is 0 Å². The molecule has 0 saturated heterocycles. The van der Waals surface area contributed by atoms with Crippen LogP contribution in [-0.4, -0.2) is 12.7 Å². The third-order valence-corrected chi connectivity index (χ3v) is 2.81. The van der Waals surface area contributed by atoms with Crippen molar-refractivity contribution >= 4 is 0 Å². The van der Waals surface area contributed by atoms with Crippen LogP contribution in [0.5, 0.6) is 0 Å². The molecule has 0 aromatic carbocycles. The normalized spacial score (nSPS) is 34.1. The molecule has 1 saturated carbocycles. The zero-order valence-corrected chi connectivity index (χ0v) is 7.22. The Balaban J connectivity index is 2.23. The number of hydrogen-bond acceptors (Lipinski definition) is 1. The molecule has 66 valence electrons. The molecule has 3 unspecified atom stereocenters. The molecular formula is C9H18FN. The first-order valence-electron chi connectivity index (χ1n) is 4.58. The molecule has 1 fully saturated rings. The van der Waals surface area contributed by atoms with Gasteiger partial charge < -0.3 is 5.73 Å². The van der Waals surface area contributed by atoms with E-state index in [-0.39, 0.29) is 0 Å². The average molecular weight is 159 g/mol. The lowest BCUT2D eigenvalue weighted by Gasteiger charge is -2.10. The van der Waals surface area contributed by atoms with Crippen molar-refractivity contribution in [2.75, 3.05) is 6.54 Å². The Morgan fingerprint density at radius 1 is 1.55 bits per heavy atom. The molecule has 1 nitrogen and oxygen atoms in total. The van der Waals surface area contributed by atoms with E-state index in [0.717, 1.165) is 25.8 Å². The summed E-state index contributed by atoms with van der Waals surface area (Å²) in [7, 11) is 0. The SMILES string of the molecule is CC(F)C1CCC(CCN)C1. The molecular weight excluding hydrogens is 141 g/mol. The summed E-state index contributed by atoms with van der Waals surface area (Å²) in [5, 5.41) is 0. The summed E-state index contributed by atoms with van der Waals surface area (Å²) in [4.78, 5) is 0. The van der Waals surface area contributed by atoms with Crippen molar-refractivity contribution in [2.24, 2.45) is 17.6 Å². The maximum Gasteiger partial charge on any atom is 0.100 e. The Morgan fingerprint density at radius 3 is 2.73 bits per heavy atom. The minimum absolute atomic E-state index is 0.326. The molecule has 3 atom stereocenters. The first-order chi connectivity index (χ1) is 5.24. The number of halogens is 1. The standard InChI is InChI=1S/C9H18FN/c1-7(10)9-3-2-8(6-9)4-5-11/h7-9H,2-6,11H2,1H3. The maximum atomic E-state index is 12.8. The van der Waals surface area contributed by atoms with Gasteiger partial charge >= 0.3 is 0 Å². The molecule has 1 aliphatic rings. The van der Waals surface area contributed by atoms with Crippen LogP contribution in [0.15, 0.2) is 0 Å². The van der Waals surface area contributed by atoms with Crippen LogP contribution in [0.1, 0.15) is 32.6 Å². The van der Waals surface area contributed by atoms with Gasteiger partial charge in [-0.1, -0.05) is 6.42 Å². The second-order valence-corrected chi connectivity index (χ2v) is 3.69. The summed E-state index contributed by atoms with van der Waals surface area (Å²) in [5.41, 5.74) is 5.44. The van der Waals surface area contributed by atoms with E-state index in [2.05, 4.69) is 0 Å². The maximum absolute atomic E-state index is 12.8. The lowest BCUT2D eigenvalue weighted by atomic mass is 9.99. The summed E-state index contributed by atoms with van der Waals surface area (Å²) in [6, 6.07) is 0. The molecule has 2 N–H and O–H groups in total. The van der Waals surface area contributed by atoms with Gasteiger partial charge in [-0.25, -0.2) is 4.39 Å². The highest BCUT2D eigenvalue weighted by Gasteiger charge is 2.27. The second kappa shape index (κ2) is 4.05. The van der Waals surface area contributed by atoms with Crippen molar-refractivity contribution in [3.05, 3.63) is 0 Å². The number of hydrogen-bond donors (Lipinski definition) is 1. The number of rotatable bonds is 3. The molecule has 0 spiro atoms. The molecule has 0 heterocycles. The van der Waals surface area contributed by atoms with Crippen LogP contribution in [0.2, 0.25) is 0 Å². The van der Waals surface area contributed by atoms with E-state index in [9.17, 15) is 4.39 Å². The zero-order valence-electron chi connectivity index (χ0n) is 7.22. The third-order valence-electron chi connectivity index (χ3n) is 2.81. The fourth-order valence-corrected chi connectivity index (χ4v) is 2.03. The van der Waals surface area contributed by atoms with Crippen LogP contribution in [0, 0.1) is 11.8 Å². The molecule has 1 rings (SSSR count). The van der Waals surface area contributed by atoms with Crippen molar-refractivity contribution < 1.29 is 4.39 Å². The molecule has 0 bridgehead atoms. The van der Waals surface area contributed by atoms with E-state index in [1.54, 1.807) is 6.92 Å². The summed E-state index contributed by atoms with van der Waals surface area (Å²) in [5.74, 6) is 1.04. The summed E-state index contributed by atoms with van der Waals surface area (Å²) in [6.07, 6.45) is 3.80. The fraction of sp³-hybridized carbons (Fsp3) is 1.00. The van der Waals surface area contributed by atoms with Crippen molar-refractivity contribution in [3.8, 4) is 0 Å². The van der Waals surface area contributed by atoms with Gasteiger partial charge in [-0.2, -0.15) is 0 Å². The van der Waals surface area contributed by atoms with Crippen LogP contribution in [0.3, 0.4) is 0 Å². The average Bonchev–Trinajstić information content (AvgIpc) is 2.37. The topological polar surface area (TPSA) is 26.0 Å². The fourth-order valence-electron chi connectivity index (χ4n) is 2.03. The van der Waals surface area contributed by atoms with Gasteiger partial charge in [0.05, 0.1) is 0 Å². The van der Waals surface area contributed by atoms with Gasteiger partial charge in [0.2, 0.25) is 0 Å². The van der Waals surface area contributed by atoms with E-state index in [0.29, 0.717) is 11.8 Å². The van der Waals surface area contributed by atoms with Crippen LogP contribution in [-0.2, 0) is 0 Å². The van der Waals surface area contributed by atoms with Crippen molar-refractivity contribution in [2.45, 2.75) is 38.8 Å². The Bertz CT molecular complexity index is 114. The molecule has 0 aliphatic heterocycles. The molecule has 2 heteroatoms. The number of alkyl halides is 1. The predicted octanol–water partition coefficient (Wildman–Crippen LogP) is 2.11. The minimum Gasteiger partial charge on any atom is -0.330 e. The van der Waals surface area contributed by atoms with Crippen molar-refractivity contribution in [3.63, 3.8) is 0 Å². The van der Waals surface area contributed by atoms with Gasteiger partial charge in [0, 0.05) is 0 Å². The Hall–Kier alpha value is -0.110. The minimum atomic E-state index is -0.613. The van der Waals surface area contributed by atoms with E-state index in [4.69, 9.17) is 5.73 Å². The van der Waals surface area contributed by atoms with Crippen LogP contribution in [0.25, 0.3) is 0 Å². The Kier molecular flexibility index (Phi) is 3.31. The molecule has 0 radical (unpaired) electrons. The molecule has 1 aliphatic carbocycles. The van der Waals surface area contributed by atoms with E-state index in [1.165, 1.54) is 6.42 Å². The third kappa shape index (κ3) is 2.44. The summed E-state index contributed by atoms with van der Waals surface area (Å²) < 4.78 is 12.8. The summed E-state index contributed by atoms with van der Waals surface area (Å²) >= 11 is 0. The lowest BCUT2D eigenvalue weighted by molar-refractivity contribution is 0.246. The largest absolute Gasteiger partial charge is 0.330 e. The Labute approximate surface area is 68.2 Å². The lowest BCUT2D eigenvalue weighted by Crippen LogP contribution is -2.10. The zero-order chi connectivity index (χ0) is 8.27. The number of nitrogens with two attached hydrogens (primary N) is 1. The highest BCUT2D eigenvalue weighted by Crippen LogP contribution is 2.35.